The zero-order chi connectivity index (χ0) is 13.1. The molecule has 0 amide bonds. The minimum atomic E-state index is 0.388. The average molecular weight is 243 g/mol. The van der Waals surface area contributed by atoms with Crippen molar-refractivity contribution in [1.82, 2.24) is 9.97 Å². The number of aromatic nitrogens is 2. The second-order valence-corrected chi connectivity index (χ2v) is 4.86. The maximum atomic E-state index is 5.79. The molecule has 96 valence electrons. The lowest BCUT2D eigenvalue weighted by Crippen LogP contribution is -1.99. The van der Waals surface area contributed by atoms with E-state index in [1.807, 2.05) is 0 Å². The maximum Gasteiger partial charge on any atom is 0.109 e. The highest BCUT2D eigenvalue weighted by Gasteiger charge is 2.12. The molecule has 1 heterocycles. The first kappa shape index (κ1) is 12.8. The Kier molecular flexibility index (Phi) is 3.82. The Bertz CT molecular complexity index is 509. The van der Waals surface area contributed by atoms with Crippen LogP contribution in [0.4, 0.5) is 0 Å². The minimum Gasteiger partial charge on any atom is -0.344 e. The lowest BCUT2D eigenvalue weighted by atomic mass is 10.1. The van der Waals surface area contributed by atoms with Crippen LogP contribution in [0.2, 0.25) is 0 Å². The largest absolute Gasteiger partial charge is 0.344 e. The van der Waals surface area contributed by atoms with E-state index in [0.29, 0.717) is 12.5 Å². The summed E-state index contributed by atoms with van der Waals surface area (Å²) in [5.74, 6) is 1.39. The van der Waals surface area contributed by atoms with Gasteiger partial charge in [-0.3, -0.25) is 0 Å². The standard InChI is InChI=1S/C15H21N3/c1-4-11-5-7-12(8-6-11)14-13(9-16)17-15(18-14)10(2)3/h5-8,10H,4,9,16H2,1-3H3,(H,17,18). The molecule has 2 rings (SSSR count). The third-order valence-corrected chi connectivity index (χ3v) is 3.18. The zero-order valence-electron chi connectivity index (χ0n) is 11.3. The summed E-state index contributed by atoms with van der Waals surface area (Å²) >= 11 is 0. The van der Waals surface area contributed by atoms with E-state index < -0.39 is 0 Å². The number of H-pyrrole nitrogens is 1. The van der Waals surface area contributed by atoms with E-state index >= 15 is 0 Å². The van der Waals surface area contributed by atoms with Gasteiger partial charge in [0.2, 0.25) is 0 Å². The Morgan fingerprint density at radius 3 is 2.39 bits per heavy atom. The number of imidazole rings is 1. The first-order chi connectivity index (χ1) is 8.65. The van der Waals surface area contributed by atoms with Crippen LogP contribution in [0.5, 0.6) is 0 Å². The smallest absolute Gasteiger partial charge is 0.109 e. The molecule has 0 atom stereocenters. The summed E-state index contributed by atoms with van der Waals surface area (Å²) in [6, 6.07) is 8.55. The van der Waals surface area contributed by atoms with Crippen molar-refractivity contribution in [3.05, 3.63) is 41.3 Å². The van der Waals surface area contributed by atoms with E-state index in [-0.39, 0.29) is 0 Å². The van der Waals surface area contributed by atoms with Crippen LogP contribution in [0.3, 0.4) is 0 Å². The Hall–Kier alpha value is -1.61. The van der Waals surface area contributed by atoms with Crippen molar-refractivity contribution in [1.29, 1.82) is 0 Å². The second-order valence-electron chi connectivity index (χ2n) is 4.86. The summed E-state index contributed by atoms with van der Waals surface area (Å²) in [4.78, 5) is 7.99. The Morgan fingerprint density at radius 2 is 1.89 bits per heavy atom. The van der Waals surface area contributed by atoms with Crippen LogP contribution < -0.4 is 5.73 Å². The first-order valence-electron chi connectivity index (χ1n) is 6.53. The molecule has 0 aliphatic rings. The van der Waals surface area contributed by atoms with E-state index in [4.69, 9.17) is 5.73 Å². The van der Waals surface area contributed by atoms with E-state index in [9.17, 15) is 0 Å². The van der Waals surface area contributed by atoms with Crippen LogP contribution in [0.15, 0.2) is 24.3 Å². The highest BCUT2D eigenvalue weighted by atomic mass is 15.0. The van der Waals surface area contributed by atoms with Gasteiger partial charge >= 0.3 is 0 Å². The van der Waals surface area contributed by atoms with Crippen molar-refractivity contribution in [3.63, 3.8) is 0 Å². The van der Waals surface area contributed by atoms with Gasteiger partial charge in [-0.1, -0.05) is 45.0 Å². The summed E-state index contributed by atoms with van der Waals surface area (Å²) in [5, 5.41) is 0. The molecule has 3 heteroatoms. The molecule has 0 radical (unpaired) electrons. The van der Waals surface area contributed by atoms with Gasteiger partial charge in [0.05, 0.1) is 11.4 Å². The van der Waals surface area contributed by atoms with E-state index in [1.165, 1.54) is 5.56 Å². The normalized spacial score (nSPS) is 11.2. The summed E-state index contributed by atoms with van der Waals surface area (Å²) < 4.78 is 0. The number of nitrogens with one attached hydrogen (secondary N) is 1. The van der Waals surface area contributed by atoms with Crippen molar-refractivity contribution >= 4 is 0 Å². The number of aromatic amines is 1. The number of aryl methyl sites for hydroxylation is 1. The number of benzene rings is 1. The number of hydrogen-bond acceptors (Lipinski definition) is 2. The summed E-state index contributed by atoms with van der Waals surface area (Å²) in [6.07, 6.45) is 1.06. The highest BCUT2D eigenvalue weighted by Crippen LogP contribution is 2.24. The molecule has 1 aromatic heterocycles. The molecule has 3 N–H and O–H groups in total. The molecule has 0 fully saturated rings. The summed E-state index contributed by atoms with van der Waals surface area (Å²) in [5.41, 5.74) is 10.3. The molecule has 0 bridgehead atoms. The zero-order valence-corrected chi connectivity index (χ0v) is 11.3. The molecular weight excluding hydrogens is 222 g/mol. The SMILES string of the molecule is CCc1ccc(-c2nc(C(C)C)[nH]c2CN)cc1. The molecule has 0 saturated carbocycles. The molecular formula is C15H21N3. The topological polar surface area (TPSA) is 54.7 Å². The second kappa shape index (κ2) is 5.36. The van der Waals surface area contributed by atoms with Crippen LogP contribution in [0, 0.1) is 0 Å². The van der Waals surface area contributed by atoms with Crippen molar-refractivity contribution < 1.29 is 0 Å². The van der Waals surface area contributed by atoms with E-state index in [1.54, 1.807) is 0 Å². The highest BCUT2D eigenvalue weighted by molar-refractivity contribution is 5.62. The molecule has 1 aromatic carbocycles. The van der Waals surface area contributed by atoms with Gasteiger partial charge in [-0.15, -0.1) is 0 Å². The summed E-state index contributed by atoms with van der Waals surface area (Å²) in [6.45, 7) is 6.91. The van der Waals surface area contributed by atoms with Crippen molar-refractivity contribution in [2.75, 3.05) is 0 Å². The van der Waals surface area contributed by atoms with Crippen molar-refractivity contribution in [3.8, 4) is 11.3 Å². The molecule has 0 spiro atoms. The molecule has 0 saturated heterocycles. The predicted molar refractivity (Wildman–Crippen MR) is 75.4 cm³/mol. The average Bonchev–Trinajstić information content (AvgIpc) is 2.83. The van der Waals surface area contributed by atoms with Gasteiger partial charge in [0.25, 0.3) is 0 Å². The number of nitrogens with zero attached hydrogens (tertiary/aromatic N) is 1. The first-order valence-corrected chi connectivity index (χ1v) is 6.53. The fourth-order valence-corrected chi connectivity index (χ4v) is 1.99. The molecule has 18 heavy (non-hydrogen) atoms. The number of rotatable bonds is 4. The summed E-state index contributed by atoms with van der Waals surface area (Å²) in [7, 11) is 0. The number of hydrogen-bond donors (Lipinski definition) is 2. The lowest BCUT2D eigenvalue weighted by molar-refractivity contribution is 0.788. The van der Waals surface area contributed by atoms with Crippen LogP contribution >= 0.6 is 0 Å². The van der Waals surface area contributed by atoms with Crippen LogP contribution in [-0.2, 0) is 13.0 Å². The Labute approximate surface area is 108 Å². The quantitative estimate of drug-likeness (QED) is 0.866. The van der Waals surface area contributed by atoms with E-state index in [2.05, 4.69) is 55.0 Å². The van der Waals surface area contributed by atoms with Gasteiger partial charge in [0, 0.05) is 18.0 Å². The molecule has 0 aliphatic heterocycles. The van der Waals surface area contributed by atoms with Gasteiger partial charge in [0.15, 0.2) is 0 Å². The van der Waals surface area contributed by atoms with Gasteiger partial charge in [0.1, 0.15) is 5.82 Å². The predicted octanol–water partition coefficient (Wildman–Crippen LogP) is 3.22. The van der Waals surface area contributed by atoms with Crippen molar-refractivity contribution in [2.45, 2.75) is 39.7 Å². The molecule has 0 unspecified atom stereocenters. The van der Waals surface area contributed by atoms with Gasteiger partial charge in [-0.25, -0.2) is 4.98 Å². The molecule has 3 nitrogen and oxygen atoms in total. The van der Waals surface area contributed by atoms with Crippen LogP contribution in [-0.4, -0.2) is 9.97 Å². The fourth-order valence-electron chi connectivity index (χ4n) is 1.99. The third-order valence-electron chi connectivity index (χ3n) is 3.18. The Balaban J connectivity index is 2.41. The molecule has 0 aliphatic carbocycles. The van der Waals surface area contributed by atoms with Crippen LogP contribution in [0.25, 0.3) is 11.3 Å². The van der Waals surface area contributed by atoms with Gasteiger partial charge < -0.3 is 10.7 Å². The van der Waals surface area contributed by atoms with Crippen LogP contribution in [0.1, 0.15) is 43.8 Å². The third kappa shape index (κ3) is 2.46. The monoisotopic (exact) mass is 243 g/mol. The number of nitrogens with two attached hydrogens (primary N) is 1. The molecule has 2 aromatic rings. The fraction of sp³-hybridized carbons (Fsp3) is 0.400. The van der Waals surface area contributed by atoms with Gasteiger partial charge in [-0.05, 0) is 12.0 Å². The maximum absolute atomic E-state index is 5.79. The van der Waals surface area contributed by atoms with E-state index in [0.717, 1.165) is 29.2 Å². The van der Waals surface area contributed by atoms with Gasteiger partial charge in [-0.2, -0.15) is 0 Å². The minimum absolute atomic E-state index is 0.388. The lowest BCUT2D eigenvalue weighted by Gasteiger charge is -2.02. The van der Waals surface area contributed by atoms with Crippen molar-refractivity contribution in [2.24, 2.45) is 5.73 Å². The Morgan fingerprint density at radius 1 is 1.22 bits per heavy atom.